The number of benzene rings is 1. The minimum Gasteiger partial charge on any atom is -0.436 e. The molecular formula is C27H23N9O. The second-order valence-corrected chi connectivity index (χ2v) is 9.88. The molecular weight excluding hydrogens is 466 g/mol. The Balaban J connectivity index is 1.37. The van der Waals surface area contributed by atoms with E-state index in [1.165, 1.54) is 6.08 Å². The highest BCUT2D eigenvalue weighted by atomic mass is 16.5. The number of aromatic nitrogens is 5. The molecule has 182 valence electrons. The Morgan fingerprint density at radius 3 is 2.57 bits per heavy atom. The van der Waals surface area contributed by atoms with Crippen molar-refractivity contribution >= 4 is 34.8 Å². The lowest BCUT2D eigenvalue weighted by molar-refractivity contribution is -0.0665. The smallest absolute Gasteiger partial charge is 0.250 e. The van der Waals surface area contributed by atoms with E-state index < -0.39 is 0 Å². The Kier molecular flexibility index (Phi) is 5.06. The van der Waals surface area contributed by atoms with Gasteiger partial charge in [-0.15, -0.1) is 0 Å². The number of pyridine rings is 1. The van der Waals surface area contributed by atoms with E-state index >= 15 is 0 Å². The zero-order chi connectivity index (χ0) is 25.6. The maximum atomic E-state index is 9.38. The molecule has 0 saturated heterocycles. The summed E-state index contributed by atoms with van der Waals surface area (Å²) in [6.45, 7) is 3.91. The van der Waals surface area contributed by atoms with Crippen molar-refractivity contribution in [3.05, 3.63) is 59.4 Å². The minimum atomic E-state index is -0.195. The fourth-order valence-electron chi connectivity index (χ4n) is 5.38. The van der Waals surface area contributed by atoms with E-state index in [9.17, 15) is 5.26 Å². The lowest BCUT2D eigenvalue weighted by Crippen LogP contribution is -2.70. The van der Waals surface area contributed by atoms with E-state index in [-0.39, 0.29) is 11.0 Å². The van der Waals surface area contributed by atoms with Gasteiger partial charge in [-0.3, -0.25) is 4.98 Å². The standard InChI is InChI=1S/C27H23N9O/c1-16-9-18(5-3-7-28)10-17(2)21(16)37-23-20-22(33-24(32-20)31-19-6-4-8-30-11-19)34-25(35-23)36-27-12-26(13-27,14-27)15-29/h3-6,8-11H,12-14H2,1-2H3,(H3,31,32,33,34,35,36)/b5-3+. The molecule has 0 amide bonds. The molecule has 3 saturated carbocycles. The van der Waals surface area contributed by atoms with Crippen LogP contribution in [0.1, 0.15) is 36.0 Å². The first-order valence-corrected chi connectivity index (χ1v) is 11.9. The van der Waals surface area contributed by atoms with Crippen molar-refractivity contribution in [1.29, 1.82) is 10.5 Å². The maximum absolute atomic E-state index is 9.38. The molecule has 0 aliphatic heterocycles. The number of H-pyrrole nitrogens is 1. The van der Waals surface area contributed by atoms with Crippen molar-refractivity contribution in [3.63, 3.8) is 0 Å². The highest BCUT2D eigenvalue weighted by molar-refractivity contribution is 5.81. The van der Waals surface area contributed by atoms with Crippen LogP contribution in [0.3, 0.4) is 0 Å². The van der Waals surface area contributed by atoms with Crippen LogP contribution in [0.15, 0.2) is 42.7 Å². The van der Waals surface area contributed by atoms with Crippen molar-refractivity contribution in [3.8, 4) is 23.8 Å². The van der Waals surface area contributed by atoms with Crippen molar-refractivity contribution in [2.45, 2.75) is 38.6 Å². The number of aromatic amines is 1. The molecule has 3 aromatic heterocycles. The fourth-order valence-corrected chi connectivity index (χ4v) is 5.38. The van der Waals surface area contributed by atoms with E-state index in [2.05, 4.69) is 36.6 Å². The van der Waals surface area contributed by atoms with E-state index in [1.54, 1.807) is 18.5 Å². The lowest BCUT2D eigenvalue weighted by Gasteiger charge is -2.66. The van der Waals surface area contributed by atoms with Crippen LogP contribution in [0.5, 0.6) is 11.6 Å². The number of nitrogens with zero attached hydrogens (tertiary/aromatic N) is 6. The van der Waals surface area contributed by atoms with Gasteiger partial charge in [-0.25, -0.2) is 0 Å². The van der Waals surface area contributed by atoms with Crippen LogP contribution >= 0.6 is 0 Å². The summed E-state index contributed by atoms with van der Waals surface area (Å²) in [5.41, 5.74) is 4.16. The Morgan fingerprint density at radius 2 is 1.89 bits per heavy atom. The SMILES string of the molecule is Cc1cc(/C=C/C#N)cc(C)c1Oc1nc(NC23CC(C#N)(C2)C3)nc2nc(Nc3cccnc3)[nH]c12. The van der Waals surface area contributed by atoms with E-state index in [0.717, 1.165) is 41.6 Å². The first-order valence-electron chi connectivity index (χ1n) is 11.9. The van der Waals surface area contributed by atoms with Gasteiger partial charge in [0, 0.05) is 17.8 Å². The number of anilines is 3. The van der Waals surface area contributed by atoms with Crippen molar-refractivity contribution in [1.82, 2.24) is 24.9 Å². The van der Waals surface area contributed by atoms with Crippen molar-refractivity contribution < 1.29 is 4.74 Å². The minimum absolute atomic E-state index is 0.145. The topological polar surface area (TPSA) is 148 Å². The van der Waals surface area contributed by atoms with Crippen molar-refractivity contribution in [2.75, 3.05) is 10.6 Å². The van der Waals surface area contributed by atoms with Gasteiger partial charge in [0.2, 0.25) is 11.9 Å². The number of imidazole rings is 1. The number of aryl methyl sites for hydroxylation is 2. The third kappa shape index (κ3) is 3.99. The van der Waals surface area contributed by atoms with Crippen LogP contribution in [0.4, 0.5) is 17.6 Å². The summed E-state index contributed by atoms with van der Waals surface area (Å²) in [6.07, 6.45) is 8.98. The van der Waals surface area contributed by atoms with Gasteiger partial charge in [-0.1, -0.05) is 0 Å². The van der Waals surface area contributed by atoms with Gasteiger partial charge in [0.25, 0.3) is 5.88 Å². The zero-order valence-electron chi connectivity index (χ0n) is 20.3. The molecule has 3 heterocycles. The Labute approximate surface area is 213 Å². The van der Waals surface area contributed by atoms with Crippen LogP contribution < -0.4 is 15.4 Å². The molecule has 3 N–H and O–H groups in total. The number of ether oxygens (including phenoxy) is 1. The van der Waals surface area contributed by atoms with Crippen LogP contribution in [-0.4, -0.2) is 30.5 Å². The molecule has 0 spiro atoms. The van der Waals surface area contributed by atoms with Crippen LogP contribution in [-0.2, 0) is 0 Å². The average molecular weight is 490 g/mol. The monoisotopic (exact) mass is 489 g/mol. The molecule has 7 rings (SSSR count). The van der Waals surface area contributed by atoms with Gasteiger partial charge in [0.1, 0.15) is 5.75 Å². The molecule has 1 aromatic carbocycles. The summed E-state index contributed by atoms with van der Waals surface area (Å²) in [5.74, 6) is 1.91. The number of allylic oxidation sites excluding steroid dienone is 1. The third-order valence-corrected chi connectivity index (χ3v) is 6.92. The lowest BCUT2D eigenvalue weighted by atomic mass is 9.40. The van der Waals surface area contributed by atoms with E-state index in [4.69, 9.17) is 15.0 Å². The van der Waals surface area contributed by atoms with Gasteiger partial charge in [-0.2, -0.15) is 25.5 Å². The second kappa shape index (κ2) is 8.32. The van der Waals surface area contributed by atoms with E-state index in [1.807, 2.05) is 44.2 Å². The van der Waals surface area contributed by atoms with E-state index in [0.29, 0.717) is 34.7 Å². The third-order valence-electron chi connectivity index (χ3n) is 6.92. The molecule has 10 heteroatoms. The molecule has 2 bridgehead atoms. The predicted octanol–water partition coefficient (Wildman–Crippen LogP) is 5.30. The van der Waals surface area contributed by atoms with Crippen LogP contribution in [0.2, 0.25) is 0 Å². The van der Waals surface area contributed by atoms with Gasteiger partial charge < -0.3 is 20.4 Å². The zero-order valence-corrected chi connectivity index (χ0v) is 20.3. The summed E-state index contributed by atoms with van der Waals surface area (Å²) < 4.78 is 6.39. The molecule has 4 aromatic rings. The first-order chi connectivity index (χ1) is 17.9. The van der Waals surface area contributed by atoms with Gasteiger partial charge in [0.15, 0.2) is 11.2 Å². The summed E-state index contributed by atoms with van der Waals surface area (Å²) in [5, 5.41) is 24.9. The number of nitrogens with one attached hydrogen (secondary N) is 3. The first kappa shape index (κ1) is 22.5. The molecule has 37 heavy (non-hydrogen) atoms. The largest absolute Gasteiger partial charge is 0.436 e. The molecule has 3 aliphatic carbocycles. The molecule has 0 radical (unpaired) electrons. The number of rotatable bonds is 7. The molecule has 3 aliphatic rings. The number of fused-ring (bicyclic) bond motifs is 1. The maximum Gasteiger partial charge on any atom is 0.250 e. The van der Waals surface area contributed by atoms with Gasteiger partial charge in [-0.05, 0) is 80.1 Å². The summed E-state index contributed by atoms with van der Waals surface area (Å²) in [4.78, 5) is 21.4. The Bertz CT molecular complexity index is 1600. The summed E-state index contributed by atoms with van der Waals surface area (Å²) in [6, 6.07) is 12.1. The summed E-state index contributed by atoms with van der Waals surface area (Å²) in [7, 11) is 0. The molecule has 0 unspecified atom stereocenters. The highest BCUT2D eigenvalue weighted by Gasteiger charge is 2.69. The molecule has 0 atom stereocenters. The number of hydrogen-bond donors (Lipinski definition) is 3. The quantitative estimate of drug-likeness (QED) is 0.294. The van der Waals surface area contributed by atoms with Crippen molar-refractivity contribution in [2.24, 2.45) is 5.41 Å². The second-order valence-electron chi connectivity index (χ2n) is 9.88. The fraction of sp³-hybridized carbons (Fsp3) is 0.259. The predicted molar refractivity (Wildman–Crippen MR) is 138 cm³/mol. The Morgan fingerprint density at radius 1 is 1.11 bits per heavy atom. The number of hydrogen-bond acceptors (Lipinski definition) is 9. The van der Waals surface area contributed by atoms with Gasteiger partial charge >= 0.3 is 0 Å². The van der Waals surface area contributed by atoms with Crippen LogP contribution in [0.25, 0.3) is 17.2 Å². The summed E-state index contributed by atoms with van der Waals surface area (Å²) >= 11 is 0. The number of nitriles is 2. The average Bonchev–Trinajstić information content (AvgIpc) is 3.24. The van der Waals surface area contributed by atoms with Gasteiger partial charge in [0.05, 0.1) is 29.4 Å². The Hall–Kier alpha value is -4.96. The molecule has 10 nitrogen and oxygen atoms in total. The molecule has 3 fully saturated rings. The normalized spacial score (nSPS) is 21.5. The van der Waals surface area contributed by atoms with Crippen LogP contribution in [0, 0.1) is 41.9 Å². The highest BCUT2D eigenvalue weighted by Crippen LogP contribution is 2.67.